The number of nitrogen functional groups attached to an aromatic ring is 1. The Bertz CT molecular complexity index is 1190. The number of anilines is 1. The van der Waals surface area contributed by atoms with E-state index >= 15 is 0 Å². The number of carbonyl (C=O) groups is 1. The van der Waals surface area contributed by atoms with Crippen LogP contribution in [0.5, 0.6) is 0 Å². The van der Waals surface area contributed by atoms with Gasteiger partial charge in [0.15, 0.2) is 5.78 Å². The summed E-state index contributed by atoms with van der Waals surface area (Å²) in [6, 6.07) is 6.18. The molecule has 1 saturated carbocycles. The molecule has 3 aromatic rings. The normalized spacial score (nSPS) is 19.2. The largest absolute Gasteiger partial charge is 0.384 e. The standard InChI is InChI=1S/C20H20N4O3S2/c21-18-16(19(26)22-20(27)24(18)11-3-4-11)13(25)10-23-7-5-14-12(6-9-29-14)17(23)15-2-1-8-28-15/h1-2,6,8-9,11,17H,3-5,7,10,21H2,(H,22,26,27)/t17-/m1/s1. The van der Waals surface area contributed by atoms with E-state index in [4.69, 9.17) is 5.73 Å². The number of aromatic amines is 1. The third kappa shape index (κ3) is 3.19. The number of ketones is 1. The highest BCUT2D eigenvalue weighted by Crippen LogP contribution is 2.39. The van der Waals surface area contributed by atoms with Gasteiger partial charge in [-0.05, 0) is 47.7 Å². The fraction of sp³-hybridized carbons (Fsp3) is 0.350. The van der Waals surface area contributed by atoms with Gasteiger partial charge in [-0.2, -0.15) is 0 Å². The zero-order valence-corrected chi connectivity index (χ0v) is 17.2. The molecular weight excluding hydrogens is 408 g/mol. The lowest BCUT2D eigenvalue weighted by atomic mass is 9.97. The second-order valence-electron chi connectivity index (χ2n) is 7.48. The van der Waals surface area contributed by atoms with Gasteiger partial charge < -0.3 is 5.73 Å². The van der Waals surface area contributed by atoms with Crippen molar-refractivity contribution in [3.63, 3.8) is 0 Å². The molecule has 1 aliphatic carbocycles. The maximum atomic E-state index is 13.2. The lowest BCUT2D eigenvalue weighted by molar-refractivity contribution is 0.0901. The van der Waals surface area contributed by atoms with Gasteiger partial charge in [-0.3, -0.25) is 24.0 Å². The number of Topliss-reactive ketones (excluding diaryl/α,β-unsaturated/α-hetero) is 1. The molecular formula is C20H20N4O3S2. The average Bonchev–Trinajstić information content (AvgIpc) is 3.17. The molecule has 0 aromatic carbocycles. The number of thiophene rings is 2. The number of hydrogen-bond donors (Lipinski definition) is 2. The zero-order chi connectivity index (χ0) is 20.1. The van der Waals surface area contributed by atoms with Crippen LogP contribution in [0.15, 0.2) is 38.5 Å². The molecule has 0 unspecified atom stereocenters. The van der Waals surface area contributed by atoms with Crippen molar-refractivity contribution >= 4 is 34.3 Å². The minimum atomic E-state index is -0.699. The molecule has 9 heteroatoms. The summed E-state index contributed by atoms with van der Waals surface area (Å²) in [4.78, 5) is 44.6. The molecule has 1 atom stereocenters. The van der Waals surface area contributed by atoms with E-state index in [1.54, 1.807) is 22.7 Å². The van der Waals surface area contributed by atoms with Crippen molar-refractivity contribution in [1.82, 2.24) is 14.5 Å². The smallest absolute Gasteiger partial charge is 0.330 e. The van der Waals surface area contributed by atoms with Crippen LogP contribution in [-0.2, 0) is 6.42 Å². The summed E-state index contributed by atoms with van der Waals surface area (Å²) in [6.45, 7) is 0.801. The first-order valence-electron chi connectivity index (χ1n) is 9.56. The summed E-state index contributed by atoms with van der Waals surface area (Å²) in [5.41, 5.74) is 6.02. The van der Waals surface area contributed by atoms with E-state index in [0.717, 1.165) is 25.8 Å². The molecule has 0 amide bonds. The van der Waals surface area contributed by atoms with Gasteiger partial charge in [0.05, 0.1) is 12.6 Å². The number of hydrogen-bond acceptors (Lipinski definition) is 7. The predicted octanol–water partition coefficient (Wildman–Crippen LogP) is 2.41. The summed E-state index contributed by atoms with van der Waals surface area (Å²) < 4.78 is 1.36. The van der Waals surface area contributed by atoms with Gasteiger partial charge in [0.1, 0.15) is 11.4 Å². The number of nitrogens with zero attached hydrogens (tertiary/aromatic N) is 2. The molecule has 1 aliphatic heterocycles. The molecule has 0 radical (unpaired) electrons. The summed E-state index contributed by atoms with van der Waals surface area (Å²) in [6.07, 6.45) is 2.53. The molecule has 3 N–H and O–H groups in total. The van der Waals surface area contributed by atoms with Crippen LogP contribution in [0, 0.1) is 0 Å². The number of rotatable bonds is 5. The maximum absolute atomic E-state index is 13.2. The van der Waals surface area contributed by atoms with E-state index in [2.05, 4.69) is 27.4 Å². The number of nitrogens with one attached hydrogen (secondary N) is 1. The summed E-state index contributed by atoms with van der Waals surface area (Å²) in [7, 11) is 0. The van der Waals surface area contributed by atoms with Crippen molar-refractivity contribution in [2.45, 2.75) is 31.3 Å². The molecule has 0 saturated heterocycles. The topological polar surface area (TPSA) is 101 Å². The van der Waals surface area contributed by atoms with Gasteiger partial charge in [0.25, 0.3) is 5.56 Å². The number of aromatic nitrogens is 2. The molecule has 7 nitrogen and oxygen atoms in total. The lowest BCUT2D eigenvalue weighted by Crippen LogP contribution is -2.42. The van der Waals surface area contributed by atoms with Crippen LogP contribution in [0.3, 0.4) is 0 Å². The summed E-state index contributed by atoms with van der Waals surface area (Å²) in [5, 5.41) is 4.12. The Morgan fingerprint density at radius 3 is 2.76 bits per heavy atom. The average molecular weight is 429 g/mol. The van der Waals surface area contributed by atoms with Crippen LogP contribution in [-0.4, -0.2) is 33.3 Å². The number of nitrogens with two attached hydrogens (primary N) is 1. The Hall–Kier alpha value is -2.49. The summed E-state index contributed by atoms with van der Waals surface area (Å²) >= 11 is 3.40. The molecule has 5 rings (SSSR count). The first kappa shape index (κ1) is 18.5. The van der Waals surface area contributed by atoms with Crippen molar-refractivity contribution in [3.8, 4) is 0 Å². The van der Waals surface area contributed by atoms with Gasteiger partial charge in [-0.25, -0.2) is 4.79 Å². The highest BCUT2D eigenvalue weighted by atomic mass is 32.1. The Kier molecular flexibility index (Phi) is 4.53. The van der Waals surface area contributed by atoms with E-state index in [1.165, 1.54) is 19.9 Å². The zero-order valence-electron chi connectivity index (χ0n) is 15.6. The fourth-order valence-corrected chi connectivity index (χ4v) is 5.89. The van der Waals surface area contributed by atoms with Crippen LogP contribution in [0.1, 0.15) is 50.6 Å². The van der Waals surface area contributed by atoms with Gasteiger partial charge >= 0.3 is 5.69 Å². The first-order chi connectivity index (χ1) is 14.0. The van der Waals surface area contributed by atoms with Crippen LogP contribution < -0.4 is 17.0 Å². The Morgan fingerprint density at radius 2 is 2.03 bits per heavy atom. The molecule has 29 heavy (non-hydrogen) atoms. The van der Waals surface area contributed by atoms with E-state index in [1.807, 2.05) is 11.4 Å². The third-order valence-electron chi connectivity index (χ3n) is 5.60. The van der Waals surface area contributed by atoms with Crippen LogP contribution in [0.2, 0.25) is 0 Å². The van der Waals surface area contributed by atoms with Crippen LogP contribution in [0.4, 0.5) is 5.82 Å². The summed E-state index contributed by atoms with van der Waals surface area (Å²) in [5.74, 6) is -0.356. The van der Waals surface area contributed by atoms with Gasteiger partial charge in [-0.15, -0.1) is 22.7 Å². The van der Waals surface area contributed by atoms with Gasteiger partial charge in [0.2, 0.25) is 0 Å². The quantitative estimate of drug-likeness (QED) is 0.608. The van der Waals surface area contributed by atoms with Crippen molar-refractivity contribution < 1.29 is 4.79 Å². The number of carbonyl (C=O) groups excluding carboxylic acids is 1. The predicted molar refractivity (Wildman–Crippen MR) is 114 cm³/mol. The van der Waals surface area contributed by atoms with Gasteiger partial charge in [0, 0.05) is 22.3 Å². The van der Waals surface area contributed by atoms with Crippen molar-refractivity contribution in [1.29, 1.82) is 0 Å². The van der Waals surface area contributed by atoms with Crippen LogP contribution in [0.25, 0.3) is 0 Å². The highest BCUT2D eigenvalue weighted by Gasteiger charge is 2.34. The molecule has 1 fully saturated rings. The van der Waals surface area contributed by atoms with E-state index in [0.29, 0.717) is 0 Å². The molecule has 2 aliphatic rings. The van der Waals surface area contributed by atoms with Crippen LogP contribution >= 0.6 is 22.7 Å². The second kappa shape index (κ2) is 7.08. The number of fused-ring (bicyclic) bond motifs is 1. The third-order valence-corrected chi connectivity index (χ3v) is 7.52. The van der Waals surface area contributed by atoms with E-state index < -0.39 is 11.2 Å². The Morgan fingerprint density at radius 1 is 1.21 bits per heavy atom. The van der Waals surface area contributed by atoms with Crippen molar-refractivity contribution in [2.24, 2.45) is 0 Å². The SMILES string of the molecule is Nc1c(C(=O)CN2CCc3sccc3[C@@H]2c2cccs2)c(=O)[nH]c(=O)n1C1CC1. The molecule has 0 spiro atoms. The minimum Gasteiger partial charge on any atom is -0.384 e. The monoisotopic (exact) mass is 428 g/mol. The van der Waals surface area contributed by atoms with Crippen molar-refractivity contribution in [2.75, 3.05) is 18.8 Å². The first-order valence-corrected chi connectivity index (χ1v) is 11.3. The molecule has 3 aromatic heterocycles. The second-order valence-corrected chi connectivity index (χ2v) is 9.46. The van der Waals surface area contributed by atoms with Gasteiger partial charge in [-0.1, -0.05) is 6.07 Å². The maximum Gasteiger partial charge on any atom is 0.330 e. The number of H-pyrrole nitrogens is 1. The van der Waals surface area contributed by atoms with E-state index in [9.17, 15) is 14.4 Å². The molecule has 0 bridgehead atoms. The highest BCUT2D eigenvalue weighted by molar-refractivity contribution is 7.10. The Labute approximate surface area is 174 Å². The minimum absolute atomic E-state index is 0.00726. The lowest BCUT2D eigenvalue weighted by Gasteiger charge is -2.35. The Balaban J connectivity index is 1.50. The van der Waals surface area contributed by atoms with Crippen molar-refractivity contribution in [3.05, 3.63) is 70.7 Å². The fourth-order valence-electron chi connectivity index (χ4n) is 4.11. The molecule has 4 heterocycles. The molecule has 150 valence electrons. The van der Waals surface area contributed by atoms with E-state index in [-0.39, 0.29) is 35.8 Å².